The van der Waals surface area contributed by atoms with Gasteiger partial charge in [0.1, 0.15) is 5.60 Å². The largest absolute Gasteiger partial charge is 0.444 e. The number of amides is 1. The molecule has 1 fully saturated rings. The minimum atomic E-state index is -0.625. The third-order valence-electron chi connectivity index (χ3n) is 3.39. The Morgan fingerprint density at radius 2 is 2.13 bits per heavy atom. The fourth-order valence-electron chi connectivity index (χ4n) is 2.44. The van der Waals surface area contributed by atoms with Crippen LogP contribution in [0.3, 0.4) is 0 Å². The van der Waals surface area contributed by atoms with E-state index < -0.39 is 11.5 Å². The summed E-state index contributed by atoms with van der Waals surface area (Å²) in [6, 6.07) is -0.200. The van der Waals surface area contributed by atoms with Crippen molar-refractivity contribution in [1.82, 2.24) is 14.9 Å². The Morgan fingerprint density at radius 1 is 1.39 bits per heavy atom. The van der Waals surface area contributed by atoms with E-state index in [0.29, 0.717) is 32.1 Å². The summed E-state index contributed by atoms with van der Waals surface area (Å²) in [5.74, 6) is -0.171. The highest BCUT2D eigenvalue weighted by atomic mass is 19.1. The normalized spacial score (nSPS) is 18.9. The molecule has 0 radical (unpaired) electrons. The first-order valence-corrected chi connectivity index (χ1v) is 7.51. The lowest BCUT2D eigenvalue weighted by Gasteiger charge is -2.41. The molecule has 0 bridgehead atoms. The number of aromatic nitrogens is 2. The zero-order valence-electron chi connectivity index (χ0n) is 14.0. The standard InChI is InChI=1S/C15H23FN4O3/c1-15(2,3)23-14(21)20-6-5-19(9-11(20)10-22-4)13-8-17-7-12(16)18-13/h7-8,11H,5-6,9-10H2,1-4H3/t11-/m1/s1. The van der Waals surface area contributed by atoms with Gasteiger partial charge in [-0.25, -0.2) is 4.79 Å². The molecular formula is C15H23FN4O3. The van der Waals surface area contributed by atoms with E-state index in [4.69, 9.17) is 9.47 Å². The summed E-state index contributed by atoms with van der Waals surface area (Å²) in [7, 11) is 1.58. The van der Waals surface area contributed by atoms with E-state index in [1.807, 2.05) is 25.7 Å². The van der Waals surface area contributed by atoms with Crippen molar-refractivity contribution in [3.8, 4) is 0 Å². The average Bonchev–Trinajstić information content (AvgIpc) is 2.45. The fourth-order valence-corrected chi connectivity index (χ4v) is 2.44. The quantitative estimate of drug-likeness (QED) is 0.842. The number of ether oxygens (including phenoxy) is 2. The molecule has 0 spiro atoms. The van der Waals surface area contributed by atoms with Gasteiger partial charge in [-0.2, -0.15) is 9.37 Å². The summed E-state index contributed by atoms with van der Waals surface area (Å²) in [5.41, 5.74) is -0.556. The van der Waals surface area contributed by atoms with Crippen LogP contribution in [0, 0.1) is 5.95 Å². The average molecular weight is 326 g/mol. The van der Waals surface area contributed by atoms with Gasteiger partial charge in [-0.15, -0.1) is 0 Å². The van der Waals surface area contributed by atoms with Crippen LogP contribution in [0.4, 0.5) is 15.0 Å². The van der Waals surface area contributed by atoms with E-state index in [0.717, 1.165) is 6.20 Å². The van der Waals surface area contributed by atoms with Crippen LogP contribution >= 0.6 is 0 Å². The fraction of sp³-hybridized carbons (Fsp3) is 0.667. The van der Waals surface area contributed by atoms with Crippen LogP contribution < -0.4 is 4.90 Å². The lowest BCUT2D eigenvalue weighted by atomic mass is 10.1. The number of hydrogen-bond acceptors (Lipinski definition) is 6. The summed E-state index contributed by atoms with van der Waals surface area (Å²) in [6.45, 7) is 7.29. The number of carbonyl (C=O) groups excluding carboxylic acids is 1. The number of carbonyl (C=O) groups is 1. The minimum Gasteiger partial charge on any atom is -0.444 e. The molecule has 1 atom stereocenters. The molecule has 1 aliphatic rings. The summed E-state index contributed by atoms with van der Waals surface area (Å²) in [4.78, 5) is 23.5. The molecule has 7 nitrogen and oxygen atoms in total. The number of hydrogen-bond donors (Lipinski definition) is 0. The molecule has 1 saturated heterocycles. The van der Waals surface area contributed by atoms with E-state index in [-0.39, 0.29) is 12.1 Å². The van der Waals surface area contributed by atoms with Gasteiger partial charge in [-0.1, -0.05) is 0 Å². The molecule has 0 saturated carbocycles. The Labute approximate surface area is 135 Å². The van der Waals surface area contributed by atoms with Crippen molar-refractivity contribution < 1.29 is 18.7 Å². The Balaban J connectivity index is 2.09. The van der Waals surface area contributed by atoms with Gasteiger partial charge in [-0.3, -0.25) is 9.88 Å². The topological polar surface area (TPSA) is 67.8 Å². The molecule has 1 amide bonds. The Kier molecular flexibility index (Phi) is 5.35. The lowest BCUT2D eigenvalue weighted by Crippen LogP contribution is -2.58. The predicted molar refractivity (Wildman–Crippen MR) is 82.8 cm³/mol. The van der Waals surface area contributed by atoms with Crippen LogP contribution in [-0.2, 0) is 9.47 Å². The number of anilines is 1. The van der Waals surface area contributed by atoms with Gasteiger partial charge in [-0.05, 0) is 20.8 Å². The molecule has 0 aromatic carbocycles. The van der Waals surface area contributed by atoms with Crippen molar-refractivity contribution in [2.24, 2.45) is 0 Å². The highest BCUT2D eigenvalue weighted by Crippen LogP contribution is 2.19. The Morgan fingerprint density at radius 3 is 2.74 bits per heavy atom. The smallest absolute Gasteiger partial charge is 0.410 e. The van der Waals surface area contributed by atoms with Crippen LogP contribution in [0.5, 0.6) is 0 Å². The van der Waals surface area contributed by atoms with Crippen molar-refractivity contribution in [3.05, 3.63) is 18.3 Å². The summed E-state index contributed by atoms with van der Waals surface area (Å²) in [5, 5.41) is 0. The van der Waals surface area contributed by atoms with Gasteiger partial charge >= 0.3 is 6.09 Å². The van der Waals surface area contributed by atoms with Crippen molar-refractivity contribution in [2.75, 3.05) is 38.3 Å². The van der Waals surface area contributed by atoms with Gasteiger partial charge in [0, 0.05) is 26.7 Å². The van der Waals surface area contributed by atoms with Crippen LogP contribution in [0.25, 0.3) is 0 Å². The van der Waals surface area contributed by atoms with E-state index >= 15 is 0 Å². The zero-order valence-corrected chi connectivity index (χ0v) is 14.0. The number of halogens is 1. The monoisotopic (exact) mass is 326 g/mol. The van der Waals surface area contributed by atoms with E-state index in [2.05, 4.69) is 9.97 Å². The first-order chi connectivity index (χ1) is 10.8. The maximum Gasteiger partial charge on any atom is 0.410 e. The first-order valence-electron chi connectivity index (χ1n) is 7.51. The van der Waals surface area contributed by atoms with E-state index in [1.54, 1.807) is 12.0 Å². The van der Waals surface area contributed by atoms with Crippen LogP contribution in [0.1, 0.15) is 20.8 Å². The molecule has 1 aliphatic heterocycles. The highest BCUT2D eigenvalue weighted by molar-refractivity contribution is 5.69. The first kappa shape index (κ1) is 17.4. The summed E-state index contributed by atoms with van der Waals surface area (Å²) < 4.78 is 23.9. The molecule has 23 heavy (non-hydrogen) atoms. The SMILES string of the molecule is COC[C@H]1CN(c2cncc(F)n2)CCN1C(=O)OC(C)(C)C. The van der Waals surface area contributed by atoms with Gasteiger partial charge in [0.05, 0.1) is 25.0 Å². The van der Waals surface area contributed by atoms with E-state index in [1.165, 1.54) is 6.20 Å². The number of methoxy groups -OCH3 is 1. The van der Waals surface area contributed by atoms with Crippen molar-refractivity contribution in [2.45, 2.75) is 32.4 Å². The van der Waals surface area contributed by atoms with Crippen molar-refractivity contribution >= 4 is 11.9 Å². The van der Waals surface area contributed by atoms with E-state index in [9.17, 15) is 9.18 Å². The van der Waals surface area contributed by atoms with Gasteiger partial charge < -0.3 is 14.4 Å². The molecule has 1 aromatic rings. The third-order valence-corrected chi connectivity index (χ3v) is 3.39. The number of piperazine rings is 1. The van der Waals surface area contributed by atoms with Crippen molar-refractivity contribution in [3.63, 3.8) is 0 Å². The number of nitrogens with zero attached hydrogens (tertiary/aromatic N) is 4. The van der Waals surface area contributed by atoms with Gasteiger partial charge in [0.15, 0.2) is 5.82 Å². The van der Waals surface area contributed by atoms with Crippen molar-refractivity contribution in [1.29, 1.82) is 0 Å². The Bertz CT molecular complexity index is 550. The Hall–Kier alpha value is -1.96. The maximum absolute atomic E-state index is 13.2. The summed E-state index contributed by atoms with van der Waals surface area (Å²) >= 11 is 0. The molecule has 1 aromatic heterocycles. The predicted octanol–water partition coefficient (Wildman–Crippen LogP) is 1.69. The second-order valence-corrected chi connectivity index (χ2v) is 6.43. The molecule has 0 unspecified atom stereocenters. The third kappa shape index (κ3) is 4.75. The molecule has 128 valence electrons. The summed E-state index contributed by atoms with van der Waals surface area (Å²) in [6.07, 6.45) is 2.20. The maximum atomic E-state index is 13.2. The molecule has 0 N–H and O–H groups in total. The molecule has 2 rings (SSSR count). The number of rotatable bonds is 3. The van der Waals surface area contributed by atoms with Crippen LogP contribution in [-0.4, -0.2) is 66.0 Å². The molecular weight excluding hydrogens is 303 g/mol. The van der Waals surface area contributed by atoms with Gasteiger partial charge in [0.25, 0.3) is 0 Å². The lowest BCUT2D eigenvalue weighted by molar-refractivity contribution is 0.00336. The zero-order chi connectivity index (χ0) is 17.0. The minimum absolute atomic E-state index is 0.200. The van der Waals surface area contributed by atoms with Gasteiger partial charge in [0.2, 0.25) is 5.95 Å². The van der Waals surface area contributed by atoms with Crippen LogP contribution in [0.15, 0.2) is 12.4 Å². The molecule has 2 heterocycles. The molecule has 0 aliphatic carbocycles. The highest BCUT2D eigenvalue weighted by Gasteiger charge is 2.33. The van der Waals surface area contributed by atoms with Crippen LogP contribution in [0.2, 0.25) is 0 Å². The second-order valence-electron chi connectivity index (χ2n) is 6.43. The molecule has 8 heteroatoms. The second kappa shape index (κ2) is 7.08.